The van der Waals surface area contributed by atoms with Crippen molar-refractivity contribution in [2.75, 3.05) is 10.6 Å². The lowest BCUT2D eigenvalue weighted by molar-refractivity contribution is 0.102. The number of carbonyl (C=O) groups excluding carboxylic acids is 1. The molecule has 0 aliphatic rings. The van der Waals surface area contributed by atoms with E-state index < -0.39 is 0 Å². The lowest BCUT2D eigenvalue weighted by atomic mass is 10.1. The quantitative estimate of drug-likeness (QED) is 0.569. The summed E-state index contributed by atoms with van der Waals surface area (Å²) in [7, 11) is 0. The number of hydrogen-bond acceptors (Lipinski definition) is 4. The van der Waals surface area contributed by atoms with Crippen molar-refractivity contribution in [2.45, 2.75) is 6.54 Å². The summed E-state index contributed by atoms with van der Waals surface area (Å²) in [5.74, 6) is -0.171. The zero-order valence-corrected chi connectivity index (χ0v) is 13.4. The van der Waals surface area contributed by atoms with E-state index in [1.807, 2.05) is 24.3 Å². The number of hydrogen-bond donors (Lipinski definition) is 4. The maximum absolute atomic E-state index is 12.2. The Hall–Kier alpha value is -3.47. The van der Waals surface area contributed by atoms with Crippen LogP contribution >= 0.6 is 0 Å². The Balaban J connectivity index is 1.62. The van der Waals surface area contributed by atoms with E-state index in [1.165, 1.54) is 6.07 Å². The fraction of sp³-hybridized carbons (Fsp3) is 0.0500. The normalized spacial score (nSPS) is 10.2. The molecule has 0 atom stereocenters. The molecule has 25 heavy (non-hydrogen) atoms. The molecule has 0 aliphatic heterocycles. The highest BCUT2D eigenvalue weighted by atomic mass is 16.3. The zero-order chi connectivity index (χ0) is 17.6. The van der Waals surface area contributed by atoms with Crippen LogP contribution in [0, 0.1) is 0 Å². The third-order valence-corrected chi connectivity index (χ3v) is 3.77. The fourth-order valence-electron chi connectivity index (χ4n) is 2.39. The number of rotatable bonds is 5. The molecule has 0 spiro atoms. The SMILES string of the molecule is O=C(Nc1ccc(NCc2ccccc2O)cc1)c1ccccc1O. The molecule has 1 amide bonds. The van der Waals surface area contributed by atoms with Gasteiger partial charge >= 0.3 is 0 Å². The molecule has 0 aromatic heterocycles. The Labute approximate surface area is 145 Å². The number of amides is 1. The predicted octanol–water partition coefficient (Wildman–Crippen LogP) is 3.96. The molecular formula is C20H18N2O3. The van der Waals surface area contributed by atoms with Gasteiger partial charge in [0, 0.05) is 23.5 Å². The van der Waals surface area contributed by atoms with Crippen molar-refractivity contribution in [2.24, 2.45) is 0 Å². The van der Waals surface area contributed by atoms with Gasteiger partial charge < -0.3 is 20.8 Å². The van der Waals surface area contributed by atoms with Gasteiger partial charge in [0.25, 0.3) is 5.91 Å². The first-order chi connectivity index (χ1) is 12.1. The summed E-state index contributed by atoms with van der Waals surface area (Å²) in [6.07, 6.45) is 0. The molecule has 0 radical (unpaired) electrons. The molecule has 3 aromatic rings. The van der Waals surface area contributed by atoms with E-state index in [0.29, 0.717) is 12.2 Å². The minimum absolute atomic E-state index is 0.0547. The Kier molecular flexibility index (Phi) is 4.85. The number of para-hydroxylation sites is 2. The van der Waals surface area contributed by atoms with E-state index in [1.54, 1.807) is 42.5 Å². The predicted molar refractivity (Wildman–Crippen MR) is 97.9 cm³/mol. The molecular weight excluding hydrogens is 316 g/mol. The first kappa shape index (κ1) is 16.4. The van der Waals surface area contributed by atoms with E-state index in [2.05, 4.69) is 10.6 Å². The van der Waals surface area contributed by atoms with Crippen LogP contribution in [0.15, 0.2) is 72.8 Å². The van der Waals surface area contributed by atoms with Crippen molar-refractivity contribution in [3.63, 3.8) is 0 Å². The van der Waals surface area contributed by atoms with Crippen LogP contribution in [0.2, 0.25) is 0 Å². The van der Waals surface area contributed by atoms with Crippen molar-refractivity contribution < 1.29 is 15.0 Å². The van der Waals surface area contributed by atoms with Crippen LogP contribution in [-0.2, 0) is 6.54 Å². The first-order valence-corrected chi connectivity index (χ1v) is 7.83. The van der Waals surface area contributed by atoms with Crippen molar-refractivity contribution in [3.8, 4) is 11.5 Å². The maximum atomic E-state index is 12.2. The minimum atomic E-state index is -0.368. The van der Waals surface area contributed by atoms with Gasteiger partial charge in [0.05, 0.1) is 5.56 Å². The Morgan fingerprint density at radius 2 is 1.36 bits per heavy atom. The number of aromatic hydroxyl groups is 2. The van der Waals surface area contributed by atoms with Gasteiger partial charge in [-0.2, -0.15) is 0 Å². The summed E-state index contributed by atoms with van der Waals surface area (Å²) in [5.41, 5.74) is 2.52. The molecule has 0 unspecified atom stereocenters. The van der Waals surface area contributed by atoms with Crippen LogP contribution in [0.1, 0.15) is 15.9 Å². The highest BCUT2D eigenvalue weighted by Crippen LogP contribution is 2.21. The van der Waals surface area contributed by atoms with Gasteiger partial charge in [0.1, 0.15) is 11.5 Å². The van der Waals surface area contributed by atoms with Gasteiger partial charge in [0.2, 0.25) is 0 Å². The number of nitrogens with one attached hydrogen (secondary N) is 2. The number of phenols is 2. The monoisotopic (exact) mass is 334 g/mol. The topological polar surface area (TPSA) is 81.6 Å². The summed E-state index contributed by atoms with van der Waals surface area (Å²) >= 11 is 0. The lowest BCUT2D eigenvalue weighted by Gasteiger charge is -2.10. The molecule has 3 aromatic carbocycles. The molecule has 5 heteroatoms. The smallest absolute Gasteiger partial charge is 0.259 e. The van der Waals surface area contributed by atoms with E-state index in [-0.39, 0.29) is 23.0 Å². The maximum Gasteiger partial charge on any atom is 0.259 e. The van der Waals surface area contributed by atoms with Crippen LogP contribution in [0.25, 0.3) is 0 Å². The van der Waals surface area contributed by atoms with Crippen LogP contribution in [0.3, 0.4) is 0 Å². The van der Waals surface area contributed by atoms with Crippen molar-refractivity contribution >= 4 is 17.3 Å². The lowest BCUT2D eigenvalue weighted by Crippen LogP contribution is -2.12. The average molecular weight is 334 g/mol. The largest absolute Gasteiger partial charge is 0.508 e. The van der Waals surface area contributed by atoms with E-state index in [4.69, 9.17) is 0 Å². The molecule has 5 nitrogen and oxygen atoms in total. The van der Waals surface area contributed by atoms with Crippen LogP contribution in [0.4, 0.5) is 11.4 Å². The van der Waals surface area contributed by atoms with Crippen molar-refractivity contribution in [1.82, 2.24) is 0 Å². The molecule has 0 saturated heterocycles. The van der Waals surface area contributed by atoms with Crippen LogP contribution in [-0.4, -0.2) is 16.1 Å². The van der Waals surface area contributed by atoms with Crippen LogP contribution in [0.5, 0.6) is 11.5 Å². The van der Waals surface area contributed by atoms with E-state index >= 15 is 0 Å². The molecule has 0 fully saturated rings. The molecule has 4 N–H and O–H groups in total. The van der Waals surface area contributed by atoms with Crippen molar-refractivity contribution in [3.05, 3.63) is 83.9 Å². The average Bonchev–Trinajstić information content (AvgIpc) is 2.62. The number of benzene rings is 3. The Bertz CT molecular complexity index is 876. The van der Waals surface area contributed by atoms with E-state index in [9.17, 15) is 15.0 Å². The van der Waals surface area contributed by atoms with Gasteiger partial charge in [-0.1, -0.05) is 30.3 Å². The van der Waals surface area contributed by atoms with Crippen molar-refractivity contribution in [1.29, 1.82) is 0 Å². The minimum Gasteiger partial charge on any atom is -0.508 e. The molecule has 0 bridgehead atoms. The number of carbonyl (C=O) groups is 1. The third kappa shape index (κ3) is 4.09. The highest BCUT2D eigenvalue weighted by Gasteiger charge is 2.10. The Morgan fingerprint density at radius 3 is 2.04 bits per heavy atom. The highest BCUT2D eigenvalue weighted by molar-refractivity contribution is 6.06. The third-order valence-electron chi connectivity index (χ3n) is 3.77. The standard InChI is InChI=1S/C20H18N2O3/c23-18-7-3-1-5-14(18)13-21-15-9-11-16(12-10-15)22-20(25)17-6-2-4-8-19(17)24/h1-12,21,23-24H,13H2,(H,22,25). The molecule has 0 heterocycles. The molecule has 3 rings (SSSR count). The second kappa shape index (κ2) is 7.40. The molecule has 0 aliphatic carbocycles. The fourth-order valence-corrected chi connectivity index (χ4v) is 2.39. The van der Waals surface area contributed by atoms with Gasteiger partial charge in [0.15, 0.2) is 0 Å². The summed E-state index contributed by atoms with van der Waals surface area (Å²) < 4.78 is 0. The molecule has 126 valence electrons. The summed E-state index contributed by atoms with van der Waals surface area (Å²) in [5, 5.41) is 25.4. The second-order valence-electron chi connectivity index (χ2n) is 5.53. The van der Waals surface area contributed by atoms with Crippen LogP contribution < -0.4 is 10.6 Å². The summed E-state index contributed by atoms with van der Waals surface area (Å²) in [6.45, 7) is 0.496. The Morgan fingerprint density at radius 1 is 0.760 bits per heavy atom. The summed E-state index contributed by atoms with van der Waals surface area (Å²) in [6, 6.07) is 20.7. The van der Waals surface area contributed by atoms with E-state index in [0.717, 1.165) is 11.3 Å². The first-order valence-electron chi connectivity index (χ1n) is 7.83. The number of phenolic OH excluding ortho intramolecular Hbond substituents is 2. The second-order valence-corrected chi connectivity index (χ2v) is 5.53. The van der Waals surface area contributed by atoms with Gasteiger partial charge in [-0.05, 0) is 42.5 Å². The number of anilines is 2. The van der Waals surface area contributed by atoms with Gasteiger partial charge in [-0.25, -0.2) is 0 Å². The van der Waals surface area contributed by atoms with Gasteiger partial charge in [-0.3, -0.25) is 4.79 Å². The van der Waals surface area contributed by atoms with Gasteiger partial charge in [-0.15, -0.1) is 0 Å². The summed E-state index contributed by atoms with van der Waals surface area (Å²) in [4.78, 5) is 12.2. The molecule has 0 saturated carbocycles. The zero-order valence-electron chi connectivity index (χ0n) is 13.4.